The van der Waals surface area contributed by atoms with Gasteiger partial charge in [0.1, 0.15) is 11.6 Å². The molecule has 0 bridgehead atoms. The molecule has 0 aromatic rings. The van der Waals surface area contributed by atoms with Crippen molar-refractivity contribution in [3.05, 3.63) is 12.7 Å². The van der Waals surface area contributed by atoms with Crippen molar-refractivity contribution < 1.29 is 29.0 Å². The first kappa shape index (κ1) is 15.0. The summed E-state index contributed by atoms with van der Waals surface area (Å²) in [5.74, 6) is -2.81. The maximum absolute atomic E-state index is 11.1. The molecule has 7 nitrogen and oxygen atoms in total. The van der Waals surface area contributed by atoms with Crippen LogP contribution in [0.15, 0.2) is 12.7 Å². The molecule has 0 aromatic heterocycles. The summed E-state index contributed by atoms with van der Waals surface area (Å²) in [5.41, 5.74) is 0. The molecule has 0 fully saturated rings. The van der Waals surface area contributed by atoms with Gasteiger partial charge >= 0.3 is 13.6 Å². The Kier molecular flexibility index (Phi) is 6.13. The fourth-order valence-corrected chi connectivity index (χ4v) is 1.50. The van der Waals surface area contributed by atoms with Crippen LogP contribution in [0.3, 0.4) is 0 Å². The maximum Gasteiger partial charge on any atom is 0.346 e. The molecule has 1 atom stereocenters. The molecule has 4 N–H and O–H groups in total. The van der Waals surface area contributed by atoms with Gasteiger partial charge in [-0.25, -0.2) is 0 Å². The van der Waals surface area contributed by atoms with E-state index in [4.69, 9.17) is 14.9 Å². The van der Waals surface area contributed by atoms with Crippen LogP contribution >= 0.6 is 7.60 Å². The van der Waals surface area contributed by atoms with Crippen LogP contribution in [0.25, 0.3) is 0 Å². The maximum atomic E-state index is 11.1. The largest absolute Gasteiger partial charge is 0.481 e. The highest BCUT2D eigenvalue weighted by Gasteiger charge is 2.25. The molecule has 0 saturated heterocycles. The monoisotopic (exact) mass is 251 g/mol. The molecule has 0 rings (SSSR count). The number of carboxylic acid groups (broad SMARTS) is 1. The standard InChI is InChI=1S/C8H14NO6P/c1-2-7(16(13,14)15)9-5-6(10)3-4-8(11)12/h2,7,9H,1,3-5H2,(H,11,12)(H2,13,14,15). The fourth-order valence-electron chi connectivity index (χ4n) is 0.893. The van der Waals surface area contributed by atoms with Crippen molar-refractivity contribution in [2.24, 2.45) is 0 Å². The van der Waals surface area contributed by atoms with Crippen LogP contribution < -0.4 is 5.32 Å². The van der Waals surface area contributed by atoms with Gasteiger partial charge in [0.15, 0.2) is 0 Å². The molecule has 0 aromatic carbocycles. The third kappa shape index (κ3) is 6.47. The van der Waals surface area contributed by atoms with Crippen LogP contribution in [0.5, 0.6) is 0 Å². The quantitative estimate of drug-likeness (QED) is 0.345. The first-order valence-corrected chi connectivity index (χ1v) is 6.10. The zero-order valence-corrected chi connectivity index (χ0v) is 9.39. The summed E-state index contributed by atoms with van der Waals surface area (Å²) in [6.45, 7) is 2.92. The van der Waals surface area contributed by atoms with E-state index in [-0.39, 0.29) is 19.4 Å². The number of rotatable bonds is 8. The minimum atomic E-state index is -4.37. The van der Waals surface area contributed by atoms with E-state index < -0.39 is 25.1 Å². The number of carbonyl (C=O) groups excluding carboxylic acids is 1. The van der Waals surface area contributed by atoms with Gasteiger partial charge in [-0.2, -0.15) is 0 Å². The molecule has 0 aliphatic rings. The third-order valence-corrected chi connectivity index (χ3v) is 2.83. The Bertz CT molecular complexity index is 322. The van der Waals surface area contributed by atoms with Gasteiger partial charge in [-0.15, -0.1) is 6.58 Å². The predicted molar refractivity (Wildman–Crippen MR) is 55.9 cm³/mol. The summed E-state index contributed by atoms with van der Waals surface area (Å²) in [6, 6.07) is 0. The molecule has 0 radical (unpaired) electrons. The van der Waals surface area contributed by atoms with Crippen molar-refractivity contribution in [1.82, 2.24) is 5.32 Å². The second-order valence-corrected chi connectivity index (χ2v) is 4.82. The van der Waals surface area contributed by atoms with E-state index in [1.54, 1.807) is 0 Å². The predicted octanol–water partition coefficient (Wildman–Crippen LogP) is -0.300. The molecular weight excluding hydrogens is 237 g/mol. The lowest BCUT2D eigenvalue weighted by atomic mass is 10.2. The summed E-state index contributed by atoms with van der Waals surface area (Å²) in [7, 11) is -4.37. The lowest BCUT2D eigenvalue weighted by molar-refractivity contribution is -0.138. The van der Waals surface area contributed by atoms with Crippen molar-refractivity contribution >= 4 is 19.3 Å². The molecule has 0 heterocycles. The molecule has 0 saturated carbocycles. The summed E-state index contributed by atoms with van der Waals surface area (Å²) >= 11 is 0. The van der Waals surface area contributed by atoms with E-state index in [0.717, 1.165) is 6.08 Å². The Hall–Kier alpha value is -1.01. The Morgan fingerprint density at radius 3 is 2.31 bits per heavy atom. The minimum absolute atomic E-state index is 0.173. The summed E-state index contributed by atoms with van der Waals surface area (Å²) in [6.07, 6.45) is 0.536. The van der Waals surface area contributed by atoms with Crippen molar-refractivity contribution in [3.8, 4) is 0 Å². The van der Waals surface area contributed by atoms with Crippen LogP contribution in [0.4, 0.5) is 0 Å². The average Bonchev–Trinajstić information content (AvgIpc) is 2.13. The van der Waals surface area contributed by atoms with Crippen molar-refractivity contribution in [1.29, 1.82) is 0 Å². The Labute approximate surface area is 92.3 Å². The van der Waals surface area contributed by atoms with Crippen LogP contribution in [-0.2, 0) is 14.2 Å². The molecule has 16 heavy (non-hydrogen) atoms. The van der Waals surface area contributed by atoms with E-state index >= 15 is 0 Å². The number of carbonyl (C=O) groups is 2. The van der Waals surface area contributed by atoms with Crippen LogP contribution in [-0.4, -0.2) is 39.0 Å². The van der Waals surface area contributed by atoms with Gasteiger partial charge in [0.25, 0.3) is 0 Å². The van der Waals surface area contributed by atoms with Gasteiger partial charge in [0.2, 0.25) is 0 Å². The minimum Gasteiger partial charge on any atom is -0.481 e. The highest BCUT2D eigenvalue weighted by atomic mass is 31.2. The third-order valence-electron chi connectivity index (χ3n) is 1.71. The summed E-state index contributed by atoms with van der Waals surface area (Å²) < 4.78 is 10.8. The zero-order valence-electron chi connectivity index (χ0n) is 8.50. The van der Waals surface area contributed by atoms with E-state index in [0.29, 0.717) is 0 Å². The molecule has 0 amide bonds. The van der Waals surface area contributed by atoms with Gasteiger partial charge in [-0.05, 0) is 0 Å². The molecule has 0 spiro atoms. The van der Waals surface area contributed by atoms with Crippen LogP contribution in [0.1, 0.15) is 12.8 Å². The first-order chi connectivity index (χ1) is 7.27. The van der Waals surface area contributed by atoms with Gasteiger partial charge in [0, 0.05) is 6.42 Å². The molecular formula is C8H14NO6P. The second-order valence-electron chi connectivity index (χ2n) is 3.08. The summed E-state index contributed by atoms with van der Waals surface area (Å²) in [5, 5.41) is 10.6. The van der Waals surface area contributed by atoms with Gasteiger partial charge < -0.3 is 14.9 Å². The number of nitrogens with one attached hydrogen (secondary N) is 1. The highest BCUT2D eigenvalue weighted by molar-refractivity contribution is 7.52. The topological polar surface area (TPSA) is 124 Å². The van der Waals surface area contributed by atoms with Crippen LogP contribution in [0.2, 0.25) is 0 Å². The summed E-state index contributed by atoms with van der Waals surface area (Å²) in [4.78, 5) is 38.8. The van der Waals surface area contributed by atoms with E-state index in [2.05, 4.69) is 11.9 Å². The van der Waals surface area contributed by atoms with E-state index in [1.807, 2.05) is 0 Å². The number of ketones is 1. The SMILES string of the molecule is C=CC(NCC(=O)CCC(=O)O)P(=O)(O)O. The Morgan fingerprint density at radius 1 is 1.38 bits per heavy atom. The lowest BCUT2D eigenvalue weighted by Gasteiger charge is -2.15. The normalized spacial score (nSPS) is 13.1. The number of aliphatic carboxylic acids is 1. The Morgan fingerprint density at radius 2 is 1.94 bits per heavy atom. The van der Waals surface area contributed by atoms with E-state index in [9.17, 15) is 14.2 Å². The molecule has 0 aliphatic heterocycles. The molecule has 0 aliphatic carbocycles. The average molecular weight is 251 g/mol. The number of carboxylic acids is 1. The molecule has 92 valence electrons. The van der Waals surface area contributed by atoms with Crippen molar-refractivity contribution in [2.45, 2.75) is 18.6 Å². The smallest absolute Gasteiger partial charge is 0.346 e. The van der Waals surface area contributed by atoms with Gasteiger partial charge in [-0.3, -0.25) is 19.5 Å². The Balaban J connectivity index is 4.03. The van der Waals surface area contributed by atoms with Gasteiger partial charge in [-0.1, -0.05) is 6.08 Å². The zero-order chi connectivity index (χ0) is 12.8. The second kappa shape index (κ2) is 6.55. The van der Waals surface area contributed by atoms with E-state index in [1.165, 1.54) is 0 Å². The van der Waals surface area contributed by atoms with Crippen molar-refractivity contribution in [2.75, 3.05) is 6.54 Å². The number of hydrogen-bond donors (Lipinski definition) is 4. The first-order valence-electron chi connectivity index (χ1n) is 4.42. The highest BCUT2D eigenvalue weighted by Crippen LogP contribution is 2.39. The fraction of sp³-hybridized carbons (Fsp3) is 0.500. The van der Waals surface area contributed by atoms with Gasteiger partial charge in [0.05, 0.1) is 13.0 Å². The number of Topliss-reactive ketones (excluding diaryl/α,β-unsaturated/α-hetero) is 1. The number of hydrogen-bond acceptors (Lipinski definition) is 4. The molecule has 1 unspecified atom stereocenters. The van der Waals surface area contributed by atoms with Crippen LogP contribution in [0, 0.1) is 0 Å². The lowest BCUT2D eigenvalue weighted by Crippen LogP contribution is -2.32. The van der Waals surface area contributed by atoms with Crippen molar-refractivity contribution in [3.63, 3.8) is 0 Å². The molecule has 8 heteroatoms.